The minimum Gasteiger partial charge on any atom is -0.389 e. The zero-order valence-electron chi connectivity index (χ0n) is 12.5. The Balaban J connectivity index is 1.94. The first-order chi connectivity index (χ1) is 9.44. The molecule has 2 rings (SSSR count). The van der Waals surface area contributed by atoms with E-state index in [-0.39, 0.29) is 12.1 Å². The molecule has 0 aromatic heterocycles. The summed E-state index contributed by atoms with van der Waals surface area (Å²) in [7, 11) is 0. The van der Waals surface area contributed by atoms with E-state index in [2.05, 4.69) is 16.0 Å². The highest BCUT2D eigenvalue weighted by Gasteiger charge is 2.38. The molecule has 2 aliphatic heterocycles. The molecule has 0 spiro atoms. The third-order valence-corrected chi connectivity index (χ3v) is 4.81. The number of hydrogen-bond donors (Lipinski definition) is 6. The molecule has 20 heavy (non-hydrogen) atoms. The SMILES string of the molecule is CC1(O)CCCNCC1NCC1(O)CCCNCC1N. The Morgan fingerprint density at radius 1 is 1.15 bits per heavy atom. The van der Waals surface area contributed by atoms with Crippen LogP contribution in [0.15, 0.2) is 0 Å². The number of hydrogen-bond acceptors (Lipinski definition) is 6. The van der Waals surface area contributed by atoms with Gasteiger partial charge in [0.2, 0.25) is 0 Å². The van der Waals surface area contributed by atoms with Crippen molar-refractivity contribution in [3.63, 3.8) is 0 Å². The molecule has 2 saturated heterocycles. The summed E-state index contributed by atoms with van der Waals surface area (Å²) in [6.45, 7) is 5.49. The highest BCUT2D eigenvalue weighted by atomic mass is 16.3. The predicted octanol–water partition coefficient (Wildman–Crippen LogP) is -1.48. The van der Waals surface area contributed by atoms with E-state index in [9.17, 15) is 10.2 Å². The fourth-order valence-corrected chi connectivity index (χ4v) is 3.18. The number of rotatable bonds is 3. The van der Waals surface area contributed by atoms with E-state index in [4.69, 9.17) is 5.73 Å². The molecule has 0 aromatic carbocycles. The molecule has 2 fully saturated rings. The van der Waals surface area contributed by atoms with Crippen molar-refractivity contribution in [2.24, 2.45) is 5.73 Å². The second-order valence-electron chi connectivity index (χ2n) is 6.62. The normalized spacial score (nSPS) is 43.8. The van der Waals surface area contributed by atoms with Gasteiger partial charge in [0.25, 0.3) is 0 Å². The molecular weight excluding hydrogens is 256 g/mol. The molecule has 4 atom stereocenters. The van der Waals surface area contributed by atoms with Gasteiger partial charge in [-0.3, -0.25) is 0 Å². The van der Waals surface area contributed by atoms with E-state index in [0.29, 0.717) is 19.5 Å². The fraction of sp³-hybridized carbons (Fsp3) is 1.00. The molecule has 2 heterocycles. The molecule has 0 radical (unpaired) electrons. The topological polar surface area (TPSA) is 103 Å². The molecule has 118 valence electrons. The summed E-state index contributed by atoms with van der Waals surface area (Å²) in [5.41, 5.74) is 4.46. The monoisotopic (exact) mass is 286 g/mol. The van der Waals surface area contributed by atoms with Crippen molar-refractivity contribution < 1.29 is 10.2 Å². The number of nitrogens with one attached hydrogen (secondary N) is 3. The van der Waals surface area contributed by atoms with Gasteiger partial charge < -0.3 is 31.9 Å². The summed E-state index contributed by atoms with van der Waals surface area (Å²) in [5.74, 6) is 0. The molecular formula is C14H30N4O2. The maximum Gasteiger partial charge on any atom is 0.0934 e. The van der Waals surface area contributed by atoms with Gasteiger partial charge in [-0.25, -0.2) is 0 Å². The molecule has 4 unspecified atom stereocenters. The molecule has 7 N–H and O–H groups in total. The zero-order valence-corrected chi connectivity index (χ0v) is 12.5. The average Bonchev–Trinajstić information content (AvgIpc) is 2.65. The van der Waals surface area contributed by atoms with E-state index in [0.717, 1.165) is 38.9 Å². The Morgan fingerprint density at radius 2 is 1.80 bits per heavy atom. The summed E-state index contributed by atoms with van der Waals surface area (Å²) in [6, 6.07) is -0.335. The van der Waals surface area contributed by atoms with Crippen LogP contribution in [0.2, 0.25) is 0 Å². The van der Waals surface area contributed by atoms with Crippen molar-refractivity contribution in [1.29, 1.82) is 0 Å². The average molecular weight is 286 g/mol. The van der Waals surface area contributed by atoms with Gasteiger partial charge in [0.05, 0.1) is 11.2 Å². The minimum atomic E-state index is -0.897. The van der Waals surface area contributed by atoms with Crippen molar-refractivity contribution in [2.45, 2.75) is 55.9 Å². The highest BCUT2D eigenvalue weighted by Crippen LogP contribution is 2.22. The zero-order chi connectivity index (χ0) is 14.6. The van der Waals surface area contributed by atoms with E-state index in [1.54, 1.807) is 0 Å². The Labute approximate surface area is 121 Å². The van der Waals surface area contributed by atoms with E-state index >= 15 is 0 Å². The van der Waals surface area contributed by atoms with E-state index < -0.39 is 11.2 Å². The Morgan fingerprint density at radius 3 is 2.55 bits per heavy atom. The van der Waals surface area contributed by atoms with Gasteiger partial charge in [-0.1, -0.05) is 0 Å². The van der Waals surface area contributed by atoms with Crippen LogP contribution < -0.4 is 21.7 Å². The second kappa shape index (κ2) is 6.68. The molecule has 0 amide bonds. The third kappa shape index (κ3) is 3.90. The van der Waals surface area contributed by atoms with Crippen LogP contribution >= 0.6 is 0 Å². The summed E-state index contributed by atoms with van der Waals surface area (Å²) in [5, 5.41) is 31.2. The first kappa shape index (κ1) is 16.1. The van der Waals surface area contributed by atoms with Gasteiger partial charge in [-0.15, -0.1) is 0 Å². The van der Waals surface area contributed by atoms with Crippen LogP contribution in [0.5, 0.6) is 0 Å². The van der Waals surface area contributed by atoms with Crippen LogP contribution in [0.25, 0.3) is 0 Å². The first-order valence-corrected chi connectivity index (χ1v) is 7.79. The number of nitrogens with two attached hydrogens (primary N) is 1. The Hall–Kier alpha value is -0.240. The minimum absolute atomic E-state index is 0.0579. The van der Waals surface area contributed by atoms with Crippen molar-refractivity contribution >= 4 is 0 Å². The van der Waals surface area contributed by atoms with Crippen LogP contribution in [0, 0.1) is 0 Å². The molecule has 2 aliphatic rings. The van der Waals surface area contributed by atoms with Crippen molar-refractivity contribution in [3.05, 3.63) is 0 Å². The van der Waals surface area contributed by atoms with Gasteiger partial charge in [-0.2, -0.15) is 0 Å². The van der Waals surface area contributed by atoms with Gasteiger partial charge in [0, 0.05) is 31.7 Å². The molecule has 0 aromatic rings. The molecule has 0 bridgehead atoms. The smallest absolute Gasteiger partial charge is 0.0934 e. The van der Waals surface area contributed by atoms with Gasteiger partial charge in [0.15, 0.2) is 0 Å². The highest BCUT2D eigenvalue weighted by molar-refractivity contribution is 4.98. The van der Waals surface area contributed by atoms with E-state index in [1.165, 1.54) is 0 Å². The van der Waals surface area contributed by atoms with Crippen molar-refractivity contribution in [2.75, 3.05) is 32.7 Å². The summed E-state index contributed by atoms with van der Waals surface area (Å²) < 4.78 is 0. The first-order valence-electron chi connectivity index (χ1n) is 7.79. The second-order valence-corrected chi connectivity index (χ2v) is 6.62. The summed E-state index contributed by atoms with van der Waals surface area (Å²) in [6.07, 6.45) is 3.35. The van der Waals surface area contributed by atoms with Gasteiger partial charge in [0.1, 0.15) is 0 Å². The van der Waals surface area contributed by atoms with Crippen LogP contribution in [-0.2, 0) is 0 Å². The van der Waals surface area contributed by atoms with Crippen molar-refractivity contribution in [1.82, 2.24) is 16.0 Å². The van der Waals surface area contributed by atoms with Crippen molar-refractivity contribution in [3.8, 4) is 0 Å². The third-order valence-electron chi connectivity index (χ3n) is 4.81. The summed E-state index contributed by atoms with van der Waals surface area (Å²) in [4.78, 5) is 0. The summed E-state index contributed by atoms with van der Waals surface area (Å²) >= 11 is 0. The maximum atomic E-state index is 10.8. The molecule has 0 saturated carbocycles. The van der Waals surface area contributed by atoms with Crippen LogP contribution in [0.1, 0.15) is 32.6 Å². The largest absolute Gasteiger partial charge is 0.389 e. The Bertz CT molecular complexity index is 314. The lowest BCUT2D eigenvalue weighted by molar-refractivity contribution is -0.0160. The quantitative estimate of drug-likeness (QED) is 0.378. The predicted molar refractivity (Wildman–Crippen MR) is 79.5 cm³/mol. The van der Waals surface area contributed by atoms with Crippen LogP contribution in [-0.4, -0.2) is 66.2 Å². The fourth-order valence-electron chi connectivity index (χ4n) is 3.18. The Kier molecular flexibility index (Phi) is 5.39. The van der Waals surface area contributed by atoms with Gasteiger partial charge >= 0.3 is 0 Å². The van der Waals surface area contributed by atoms with E-state index in [1.807, 2.05) is 6.92 Å². The van der Waals surface area contributed by atoms with Gasteiger partial charge in [-0.05, 0) is 45.7 Å². The standard InChI is InChI=1S/C14H30N4O2/c1-13(19)4-2-6-17-9-12(13)18-10-14(20)5-3-7-16-8-11(14)15/h11-12,16-20H,2-10,15H2,1H3. The molecule has 6 heteroatoms. The molecule has 6 nitrogen and oxygen atoms in total. The number of aliphatic hydroxyl groups is 2. The lowest BCUT2D eigenvalue weighted by Gasteiger charge is -2.37. The lowest BCUT2D eigenvalue weighted by Crippen LogP contribution is -2.61. The van der Waals surface area contributed by atoms with Crippen LogP contribution in [0.4, 0.5) is 0 Å². The molecule has 0 aliphatic carbocycles. The maximum absolute atomic E-state index is 10.8. The van der Waals surface area contributed by atoms with Crippen LogP contribution in [0.3, 0.4) is 0 Å². The lowest BCUT2D eigenvalue weighted by atomic mass is 9.88.